The summed E-state index contributed by atoms with van der Waals surface area (Å²) in [6.07, 6.45) is -0.518. The molecule has 1 atom stereocenters. The van der Waals surface area contributed by atoms with Gasteiger partial charge in [-0.15, -0.1) is 12.4 Å². The van der Waals surface area contributed by atoms with E-state index in [1.54, 1.807) is 0 Å². The van der Waals surface area contributed by atoms with E-state index in [0.717, 1.165) is 62.2 Å². The summed E-state index contributed by atoms with van der Waals surface area (Å²) in [7, 11) is 2.14. The second-order valence-corrected chi connectivity index (χ2v) is 10.2. The van der Waals surface area contributed by atoms with Crippen LogP contribution in [0.25, 0.3) is 11.1 Å². The van der Waals surface area contributed by atoms with E-state index in [-0.39, 0.29) is 18.4 Å². The minimum Gasteiger partial charge on any atom is -0.478 e. The number of piperazine rings is 1. The lowest BCUT2D eigenvalue weighted by molar-refractivity contribution is 0.0681. The number of hydrogen-bond donors (Lipinski definition) is 1. The van der Waals surface area contributed by atoms with Gasteiger partial charge in [-0.05, 0) is 49.7 Å². The molecule has 0 saturated carbocycles. The highest BCUT2D eigenvalue weighted by atomic mass is 35.5. The molecule has 2 saturated heterocycles. The number of anilines is 2. The van der Waals surface area contributed by atoms with Gasteiger partial charge in [0, 0.05) is 61.2 Å². The van der Waals surface area contributed by atoms with E-state index < -0.39 is 23.7 Å². The van der Waals surface area contributed by atoms with Crippen LogP contribution in [0.3, 0.4) is 0 Å². The number of benzene rings is 2. The third-order valence-electron chi connectivity index (χ3n) is 7.36. The van der Waals surface area contributed by atoms with Gasteiger partial charge in [-0.1, -0.05) is 29.8 Å². The van der Waals surface area contributed by atoms with Crippen LogP contribution in [0.1, 0.15) is 41.4 Å². The standard InChI is InChI=1S/C27H30ClF2N5O2.ClH/c1-32-11-13-33(14-12-32)20-7-4-18(5-8-20)22-9-6-19(28)15-24(22)34-10-2-3-21(17-34)35-25(26(29)30)23(16-31-35)27(36)37;/h4-9,15-16,21,26H,2-3,10-14,17H2,1H3,(H,36,37);1H. The Labute approximate surface area is 232 Å². The minimum atomic E-state index is -2.93. The van der Waals surface area contributed by atoms with Crippen LogP contribution in [-0.2, 0) is 0 Å². The van der Waals surface area contributed by atoms with Crippen molar-refractivity contribution in [1.29, 1.82) is 0 Å². The maximum atomic E-state index is 13.8. The number of nitrogens with zero attached hydrogens (tertiary/aromatic N) is 5. The SMILES string of the molecule is CN1CCN(c2ccc(-c3ccc(Cl)cc3N3CCCC(n4ncc(C(=O)O)c4C(F)F)C3)cc2)CC1.Cl. The van der Waals surface area contributed by atoms with Gasteiger partial charge in [0.1, 0.15) is 11.3 Å². The van der Waals surface area contributed by atoms with E-state index in [1.165, 1.54) is 10.4 Å². The molecule has 5 rings (SSSR count). The van der Waals surface area contributed by atoms with E-state index in [9.17, 15) is 18.7 Å². The summed E-state index contributed by atoms with van der Waals surface area (Å²) in [6.45, 7) is 5.23. The Balaban J connectivity index is 0.00000336. The Hall–Kier alpha value is -2.88. The summed E-state index contributed by atoms with van der Waals surface area (Å²) in [4.78, 5) is 18.3. The molecular weight excluding hydrogens is 535 g/mol. The Bertz CT molecular complexity index is 1260. The Morgan fingerprint density at radius 1 is 1.05 bits per heavy atom. The Kier molecular flexibility index (Phi) is 8.80. The van der Waals surface area contributed by atoms with Crippen molar-refractivity contribution < 1.29 is 18.7 Å². The van der Waals surface area contributed by atoms with Gasteiger partial charge in [0.25, 0.3) is 6.43 Å². The molecule has 3 aromatic rings. The molecule has 11 heteroatoms. The summed E-state index contributed by atoms with van der Waals surface area (Å²) >= 11 is 6.40. The first kappa shape index (κ1) is 28.1. The number of likely N-dealkylation sites (N-methyl/N-ethyl adjacent to an activating group) is 1. The summed E-state index contributed by atoms with van der Waals surface area (Å²) in [6, 6.07) is 13.9. The fraction of sp³-hybridized carbons (Fsp3) is 0.407. The molecule has 7 nitrogen and oxygen atoms in total. The summed E-state index contributed by atoms with van der Waals surface area (Å²) < 4.78 is 28.8. The molecule has 2 fully saturated rings. The number of rotatable bonds is 6. The topological polar surface area (TPSA) is 64.8 Å². The van der Waals surface area contributed by atoms with Gasteiger partial charge in [0.05, 0.1) is 12.2 Å². The molecule has 0 radical (unpaired) electrons. The van der Waals surface area contributed by atoms with Crippen LogP contribution in [0.2, 0.25) is 5.02 Å². The fourth-order valence-electron chi connectivity index (χ4n) is 5.35. The molecule has 1 aromatic heterocycles. The molecule has 1 N–H and O–H groups in total. The highest BCUT2D eigenvalue weighted by Crippen LogP contribution is 2.38. The van der Waals surface area contributed by atoms with Crippen LogP contribution in [0.5, 0.6) is 0 Å². The first-order chi connectivity index (χ1) is 17.8. The molecule has 0 amide bonds. The van der Waals surface area contributed by atoms with Gasteiger partial charge < -0.3 is 19.8 Å². The van der Waals surface area contributed by atoms with Crippen LogP contribution >= 0.6 is 24.0 Å². The number of piperidine rings is 1. The maximum absolute atomic E-state index is 13.8. The normalized spacial score (nSPS) is 18.5. The average Bonchev–Trinajstić information content (AvgIpc) is 3.36. The molecule has 0 bridgehead atoms. The summed E-state index contributed by atoms with van der Waals surface area (Å²) in [5, 5.41) is 14.0. The van der Waals surface area contributed by atoms with Crippen LogP contribution < -0.4 is 9.80 Å². The van der Waals surface area contributed by atoms with Crippen molar-refractivity contribution in [3.05, 3.63) is 64.9 Å². The predicted molar refractivity (Wildman–Crippen MR) is 148 cm³/mol. The van der Waals surface area contributed by atoms with Crippen LogP contribution in [-0.4, -0.2) is 72.1 Å². The minimum absolute atomic E-state index is 0. The van der Waals surface area contributed by atoms with Gasteiger partial charge in [-0.2, -0.15) is 5.10 Å². The highest BCUT2D eigenvalue weighted by molar-refractivity contribution is 6.31. The molecule has 1 unspecified atom stereocenters. The summed E-state index contributed by atoms with van der Waals surface area (Å²) in [5.41, 5.74) is 3.19. The number of carbonyl (C=O) groups is 1. The molecule has 0 spiro atoms. The first-order valence-electron chi connectivity index (χ1n) is 12.5. The van der Waals surface area contributed by atoms with E-state index in [4.69, 9.17) is 11.6 Å². The largest absolute Gasteiger partial charge is 0.478 e. The lowest BCUT2D eigenvalue weighted by Gasteiger charge is -2.36. The zero-order chi connectivity index (χ0) is 26.1. The number of aromatic carboxylic acids is 1. The number of carboxylic acid groups (broad SMARTS) is 1. The summed E-state index contributed by atoms with van der Waals surface area (Å²) in [5.74, 6) is -1.40. The zero-order valence-corrected chi connectivity index (χ0v) is 22.6. The predicted octanol–water partition coefficient (Wildman–Crippen LogP) is 5.85. The zero-order valence-electron chi connectivity index (χ0n) is 21.1. The molecule has 2 aromatic carbocycles. The smallest absolute Gasteiger partial charge is 0.339 e. The van der Waals surface area contributed by atoms with Crippen molar-refractivity contribution in [2.45, 2.75) is 25.3 Å². The lowest BCUT2D eigenvalue weighted by atomic mass is 9.99. The van der Waals surface area contributed by atoms with Crippen molar-refractivity contribution in [1.82, 2.24) is 14.7 Å². The Morgan fingerprint density at radius 3 is 2.42 bits per heavy atom. The molecule has 204 valence electrons. The van der Waals surface area contributed by atoms with Gasteiger partial charge in [-0.3, -0.25) is 4.68 Å². The first-order valence-corrected chi connectivity index (χ1v) is 12.9. The Morgan fingerprint density at radius 2 is 1.76 bits per heavy atom. The maximum Gasteiger partial charge on any atom is 0.339 e. The van der Waals surface area contributed by atoms with Gasteiger partial charge >= 0.3 is 5.97 Å². The second-order valence-electron chi connectivity index (χ2n) is 9.73. The number of halogens is 4. The van der Waals surface area contributed by atoms with Crippen LogP contribution in [0, 0.1) is 0 Å². The van der Waals surface area contributed by atoms with Gasteiger partial charge in [0.2, 0.25) is 0 Å². The highest BCUT2D eigenvalue weighted by Gasteiger charge is 2.31. The van der Waals surface area contributed by atoms with Crippen molar-refractivity contribution in [2.75, 3.05) is 56.1 Å². The molecule has 2 aliphatic heterocycles. The molecule has 38 heavy (non-hydrogen) atoms. The van der Waals surface area contributed by atoms with Crippen molar-refractivity contribution >= 4 is 41.4 Å². The van der Waals surface area contributed by atoms with Gasteiger partial charge in [-0.25, -0.2) is 13.6 Å². The van der Waals surface area contributed by atoms with E-state index >= 15 is 0 Å². The van der Waals surface area contributed by atoms with E-state index in [2.05, 4.69) is 51.1 Å². The molecule has 0 aliphatic carbocycles. The van der Waals surface area contributed by atoms with E-state index in [0.29, 0.717) is 18.0 Å². The number of hydrogen-bond acceptors (Lipinski definition) is 5. The third-order valence-corrected chi connectivity index (χ3v) is 7.60. The quantitative estimate of drug-likeness (QED) is 0.404. The number of alkyl halides is 2. The lowest BCUT2D eigenvalue weighted by Crippen LogP contribution is -2.44. The molecule has 2 aliphatic rings. The van der Waals surface area contributed by atoms with Crippen LogP contribution in [0.4, 0.5) is 20.2 Å². The average molecular weight is 566 g/mol. The molecular formula is C27H31Cl2F2N5O2. The second kappa shape index (κ2) is 11.9. The van der Waals surface area contributed by atoms with Crippen molar-refractivity contribution in [3.63, 3.8) is 0 Å². The molecule has 3 heterocycles. The third kappa shape index (κ3) is 5.75. The monoisotopic (exact) mass is 565 g/mol. The number of aromatic nitrogens is 2. The van der Waals surface area contributed by atoms with E-state index in [1.807, 2.05) is 18.2 Å². The van der Waals surface area contributed by atoms with Crippen LogP contribution in [0.15, 0.2) is 48.7 Å². The van der Waals surface area contributed by atoms with Gasteiger partial charge in [0.15, 0.2) is 0 Å². The fourth-order valence-corrected chi connectivity index (χ4v) is 5.51. The van der Waals surface area contributed by atoms with Crippen molar-refractivity contribution in [3.8, 4) is 11.1 Å². The number of carboxylic acids is 1. The van der Waals surface area contributed by atoms with Crippen molar-refractivity contribution in [2.24, 2.45) is 0 Å².